The molecule has 24 heavy (non-hydrogen) atoms. The lowest BCUT2D eigenvalue weighted by atomic mass is 10.1. The first-order chi connectivity index (χ1) is 11.3. The number of halogens is 2. The van der Waals surface area contributed by atoms with E-state index in [0.29, 0.717) is 21.4 Å². The molecule has 0 bridgehead atoms. The molecule has 0 radical (unpaired) electrons. The van der Waals surface area contributed by atoms with E-state index in [9.17, 15) is 9.59 Å². The predicted octanol–water partition coefficient (Wildman–Crippen LogP) is 4.83. The van der Waals surface area contributed by atoms with Gasteiger partial charge >= 0.3 is 6.03 Å². The van der Waals surface area contributed by atoms with Crippen LogP contribution in [0.1, 0.15) is 25.5 Å². The molecule has 0 heterocycles. The Labute approximate surface area is 150 Å². The number of urea groups is 1. The van der Waals surface area contributed by atoms with Crippen LogP contribution in [0.3, 0.4) is 0 Å². The third kappa shape index (κ3) is 5.15. The van der Waals surface area contributed by atoms with Crippen LogP contribution in [0.15, 0.2) is 42.5 Å². The van der Waals surface area contributed by atoms with E-state index in [1.54, 1.807) is 30.3 Å². The van der Waals surface area contributed by atoms with E-state index in [1.807, 2.05) is 19.1 Å². The third-order valence-electron chi connectivity index (χ3n) is 3.23. The molecule has 0 aliphatic heterocycles. The van der Waals surface area contributed by atoms with E-state index in [2.05, 4.69) is 16.0 Å². The van der Waals surface area contributed by atoms with Crippen molar-refractivity contribution in [2.45, 2.75) is 19.9 Å². The van der Waals surface area contributed by atoms with Crippen molar-refractivity contribution >= 4 is 46.5 Å². The van der Waals surface area contributed by atoms with Crippen molar-refractivity contribution in [3.05, 3.63) is 58.1 Å². The summed E-state index contributed by atoms with van der Waals surface area (Å²) in [6.07, 6.45) is 0. The highest BCUT2D eigenvalue weighted by Gasteiger charge is 2.12. The maximum Gasteiger partial charge on any atom is 0.319 e. The van der Waals surface area contributed by atoms with E-state index in [4.69, 9.17) is 23.2 Å². The minimum Gasteiger partial charge on any atom is -0.331 e. The molecule has 2 aromatic carbocycles. The van der Waals surface area contributed by atoms with Crippen LogP contribution in [0.25, 0.3) is 0 Å². The van der Waals surface area contributed by atoms with Crippen molar-refractivity contribution in [2.75, 3.05) is 10.6 Å². The summed E-state index contributed by atoms with van der Waals surface area (Å²) in [4.78, 5) is 23.2. The quantitative estimate of drug-likeness (QED) is 0.725. The topological polar surface area (TPSA) is 70.2 Å². The Hall–Kier alpha value is -2.24. The van der Waals surface area contributed by atoms with Gasteiger partial charge in [0.2, 0.25) is 5.91 Å². The SMILES string of the molecule is CC(=O)Nc1cccc([C@@H](C)NC(=O)Nc2cc(Cl)ccc2Cl)c1. The predicted molar refractivity (Wildman–Crippen MR) is 97.8 cm³/mol. The second-order valence-corrected chi connectivity index (χ2v) is 6.09. The van der Waals surface area contributed by atoms with E-state index < -0.39 is 6.03 Å². The second kappa shape index (κ2) is 8.04. The number of hydrogen-bond acceptors (Lipinski definition) is 2. The number of benzene rings is 2. The Morgan fingerprint density at radius 1 is 1.04 bits per heavy atom. The van der Waals surface area contributed by atoms with Gasteiger partial charge in [-0.15, -0.1) is 0 Å². The first-order valence-electron chi connectivity index (χ1n) is 7.25. The van der Waals surface area contributed by atoms with Crippen LogP contribution < -0.4 is 16.0 Å². The Morgan fingerprint density at radius 3 is 2.50 bits per heavy atom. The molecule has 3 N–H and O–H groups in total. The maximum absolute atomic E-state index is 12.1. The molecule has 3 amide bonds. The monoisotopic (exact) mass is 365 g/mol. The molecular formula is C17H17Cl2N3O2. The van der Waals surface area contributed by atoms with Crippen molar-refractivity contribution in [3.63, 3.8) is 0 Å². The molecule has 1 atom stereocenters. The number of anilines is 2. The fourth-order valence-corrected chi connectivity index (χ4v) is 2.46. The number of carbonyl (C=O) groups is 2. The molecule has 0 aliphatic rings. The summed E-state index contributed by atoms with van der Waals surface area (Å²) in [6.45, 7) is 3.28. The highest BCUT2D eigenvalue weighted by atomic mass is 35.5. The van der Waals surface area contributed by atoms with Gasteiger partial charge in [0.15, 0.2) is 0 Å². The van der Waals surface area contributed by atoms with Crippen molar-refractivity contribution in [1.82, 2.24) is 5.32 Å². The maximum atomic E-state index is 12.1. The molecule has 126 valence electrons. The molecule has 0 aromatic heterocycles. The van der Waals surface area contributed by atoms with E-state index >= 15 is 0 Å². The van der Waals surface area contributed by atoms with Crippen LogP contribution >= 0.6 is 23.2 Å². The molecule has 0 spiro atoms. The molecule has 0 fully saturated rings. The van der Waals surface area contributed by atoms with Gasteiger partial charge in [0, 0.05) is 17.6 Å². The summed E-state index contributed by atoms with van der Waals surface area (Å²) in [6, 6.07) is 11.4. The number of hydrogen-bond donors (Lipinski definition) is 3. The fourth-order valence-electron chi connectivity index (χ4n) is 2.12. The summed E-state index contributed by atoms with van der Waals surface area (Å²) in [7, 11) is 0. The van der Waals surface area contributed by atoms with Gasteiger partial charge in [0.05, 0.1) is 16.8 Å². The Morgan fingerprint density at radius 2 is 1.79 bits per heavy atom. The largest absolute Gasteiger partial charge is 0.331 e. The van der Waals surface area contributed by atoms with E-state index in [0.717, 1.165) is 5.56 Å². The van der Waals surface area contributed by atoms with Crippen LogP contribution in [0.2, 0.25) is 10.0 Å². The van der Waals surface area contributed by atoms with Crippen LogP contribution in [-0.2, 0) is 4.79 Å². The lowest BCUT2D eigenvalue weighted by Gasteiger charge is -2.16. The van der Waals surface area contributed by atoms with Crippen LogP contribution in [-0.4, -0.2) is 11.9 Å². The summed E-state index contributed by atoms with van der Waals surface area (Å²) >= 11 is 11.9. The number of nitrogens with one attached hydrogen (secondary N) is 3. The first kappa shape index (κ1) is 18.1. The zero-order valence-electron chi connectivity index (χ0n) is 13.2. The van der Waals surface area contributed by atoms with Crippen molar-refractivity contribution in [2.24, 2.45) is 0 Å². The summed E-state index contributed by atoms with van der Waals surface area (Å²) < 4.78 is 0. The van der Waals surface area contributed by atoms with Gasteiger partial charge in [-0.25, -0.2) is 4.79 Å². The van der Waals surface area contributed by atoms with Gasteiger partial charge in [-0.1, -0.05) is 35.3 Å². The molecule has 5 nitrogen and oxygen atoms in total. The van der Waals surface area contributed by atoms with E-state index in [-0.39, 0.29) is 11.9 Å². The molecule has 7 heteroatoms. The number of rotatable bonds is 4. The van der Waals surface area contributed by atoms with Gasteiger partial charge in [0.25, 0.3) is 0 Å². The van der Waals surface area contributed by atoms with E-state index in [1.165, 1.54) is 6.92 Å². The van der Waals surface area contributed by atoms with Crippen LogP contribution in [0, 0.1) is 0 Å². The molecule has 2 rings (SSSR count). The summed E-state index contributed by atoms with van der Waals surface area (Å²) in [5.41, 5.74) is 1.96. The highest BCUT2D eigenvalue weighted by Crippen LogP contribution is 2.25. The van der Waals surface area contributed by atoms with Crippen LogP contribution in [0.4, 0.5) is 16.2 Å². The Bertz CT molecular complexity index is 765. The molecular weight excluding hydrogens is 349 g/mol. The summed E-state index contributed by atoms with van der Waals surface area (Å²) in [5, 5.41) is 9.05. The van der Waals surface area contributed by atoms with Crippen molar-refractivity contribution in [1.29, 1.82) is 0 Å². The standard InChI is InChI=1S/C17H17Cl2N3O2/c1-10(12-4-3-5-14(8-12)21-11(2)23)20-17(24)22-16-9-13(18)6-7-15(16)19/h3-10H,1-2H3,(H,21,23)(H2,20,22,24)/t10-/m1/s1. The van der Waals surface area contributed by atoms with Gasteiger partial charge < -0.3 is 16.0 Å². The molecule has 0 aliphatic carbocycles. The minimum atomic E-state index is -0.406. The Balaban J connectivity index is 2.03. The van der Waals surface area contributed by atoms with Gasteiger partial charge in [-0.3, -0.25) is 4.79 Å². The molecule has 0 saturated carbocycles. The van der Waals surface area contributed by atoms with Gasteiger partial charge in [0.1, 0.15) is 0 Å². The number of carbonyl (C=O) groups excluding carboxylic acids is 2. The smallest absolute Gasteiger partial charge is 0.319 e. The first-order valence-corrected chi connectivity index (χ1v) is 8.01. The summed E-state index contributed by atoms with van der Waals surface area (Å²) in [5.74, 6) is -0.152. The average Bonchev–Trinajstić information content (AvgIpc) is 2.50. The zero-order chi connectivity index (χ0) is 17.7. The van der Waals surface area contributed by atoms with Crippen LogP contribution in [0.5, 0.6) is 0 Å². The van der Waals surface area contributed by atoms with Crippen molar-refractivity contribution in [3.8, 4) is 0 Å². The average molecular weight is 366 g/mol. The zero-order valence-corrected chi connectivity index (χ0v) is 14.7. The van der Waals surface area contributed by atoms with Gasteiger partial charge in [-0.05, 0) is 42.8 Å². The third-order valence-corrected chi connectivity index (χ3v) is 3.80. The lowest BCUT2D eigenvalue weighted by Crippen LogP contribution is -2.31. The second-order valence-electron chi connectivity index (χ2n) is 5.25. The highest BCUT2D eigenvalue weighted by molar-refractivity contribution is 6.35. The lowest BCUT2D eigenvalue weighted by molar-refractivity contribution is -0.114. The molecule has 2 aromatic rings. The van der Waals surface area contributed by atoms with Crippen molar-refractivity contribution < 1.29 is 9.59 Å². The fraction of sp³-hybridized carbons (Fsp3) is 0.176. The number of amides is 3. The molecule has 0 saturated heterocycles. The Kier molecular flexibility index (Phi) is 6.06. The molecule has 0 unspecified atom stereocenters. The normalized spacial score (nSPS) is 11.5. The minimum absolute atomic E-state index is 0.152. The van der Waals surface area contributed by atoms with Gasteiger partial charge in [-0.2, -0.15) is 0 Å².